The van der Waals surface area contributed by atoms with E-state index in [1.54, 1.807) is 0 Å². The Balaban J connectivity index is 0. The summed E-state index contributed by atoms with van der Waals surface area (Å²) in [6.45, 7) is 2.25. The molecule has 0 unspecified atom stereocenters. The van der Waals surface area contributed by atoms with Gasteiger partial charge >= 0.3 is 0 Å². The van der Waals surface area contributed by atoms with Crippen LogP contribution in [0.4, 0.5) is 0 Å². The van der Waals surface area contributed by atoms with E-state index in [0.29, 0.717) is 6.42 Å². The lowest BCUT2D eigenvalue weighted by Gasteiger charge is -2.02. The van der Waals surface area contributed by atoms with Crippen LogP contribution < -0.4 is 5.32 Å². The monoisotopic (exact) mass is 337 g/mol. The van der Waals surface area contributed by atoms with Gasteiger partial charge in [0.25, 0.3) is 10.1 Å². The molecule has 4 nitrogen and oxygen atoms in total. The first-order valence-electron chi connectivity index (χ1n) is 9.01. The van der Waals surface area contributed by atoms with Gasteiger partial charge in [0, 0.05) is 0 Å². The Kier molecular flexibility index (Phi) is 20.7. The molecule has 0 aliphatic heterocycles. The summed E-state index contributed by atoms with van der Waals surface area (Å²) in [5.41, 5.74) is 0. The maximum absolute atomic E-state index is 10.5. The zero-order valence-electron chi connectivity index (χ0n) is 15.1. The van der Waals surface area contributed by atoms with E-state index >= 15 is 0 Å². The molecule has 0 aromatic heterocycles. The molecule has 136 valence electrons. The summed E-state index contributed by atoms with van der Waals surface area (Å²) in [6, 6.07) is 0. The first-order chi connectivity index (χ1) is 10.5. The molecule has 0 rings (SSSR count). The zero-order valence-corrected chi connectivity index (χ0v) is 15.9. The van der Waals surface area contributed by atoms with E-state index in [9.17, 15) is 8.42 Å². The van der Waals surface area contributed by atoms with Crippen LogP contribution >= 0.6 is 0 Å². The summed E-state index contributed by atoms with van der Waals surface area (Å²) in [6.07, 6.45) is 15.9. The molecule has 0 atom stereocenters. The number of nitrogens with one attached hydrogen (secondary N) is 1. The molecule has 0 aromatic rings. The van der Waals surface area contributed by atoms with Gasteiger partial charge in [-0.25, -0.2) is 0 Å². The van der Waals surface area contributed by atoms with Crippen LogP contribution in [0.1, 0.15) is 90.4 Å². The lowest BCUT2D eigenvalue weighted by molar-refractivity contribution is 0.478. The molecule has 0 amide bonds. The summed E-state index contributed by atoms with van der Waals surface area (Å²) in [4.78, 5) is 0. The van der Waals surface area contributed by atoms with Crippen LogP contribution in [0.25, 0.3) is 0 Å². The molecular formula is C17H39NO3S. The average molecular weight is 338 g/mol. The minimum Gasteiger partial charge on any atom is -0.323 e. The quantitative estimate of drug-likeness (QED) is 0.353. The van der Waals surface area contributed by atoms with Crippen molar-refractivity contribution in [1.82, 2.24) is 5.32 Å². The molecule has 0 aliphatic rings. The summed E-state index contributed by atoms with van der Waals surface area (Å²) >= 11 is 0. The van der Waals surface area contributed by atoms with E-state index in [-0.39, 0.29) is 5.75 Å². The van der Waals surface area contributed by atoms with Crippen LogP contribution in [0.5, 0.6) is 0 Å². The molecule has 0 saturated carbocycles. The highest BCUT2D eigenvalue weighted by Crippen LogP contribution is 2.12. The zero-order chi connectivity index (χ0) is 17.1. The van der Waals surface area contributed by atoms with E-state index in [1.165, 1.54) is 64.2 Å². The van der Waals surface area contributed by atoms with Crippen LogP contribution in [-0.4, -0.2) is 32.8 Å². The predicted octanol–water partition coefficient (Wildman–Crippen LogP) is 4.80. The van der Waals surface area contributed by atoms with Crippen LogP contribution in [0, 0.1) is 0 Å². The van der Waals surface area contributed by atoms with Crippen LogP contribution in [0.15, 0.2) is 0 Å². The third-order valence-electron chi connectivity index (χ3n) is 3.51. The summed E-state index contributed by atoms with van der Waals surface area (Å²) < 4.78 is 29.5. The Labute approximate surface area is 139 Å². The predicted molar refractivity (Wildman–Crippen MR) is 97.1 cm³/mol. The van der Waals surface area contributed by atoms with Crippen molar-refractivity contribution >= 4 is 10.1 Å². The van der Waals surface area contributed by atoms with Crippen molar-refractivity contribution < 1.29 is 13.0 Å². The van der Waals surface area contributed by atoms with Gasteiger partial charge in [0.1, 0.15) is 0 Å². The van der Waals surface area contributed by atoms with Gasteiger partial charge in [-0.3, -0.25) is 4.55 Å². The van der Waals surface area contributed by atoms with Crippen molar-refractivity contribution in [2.45, 2.75) is 90.4 Å². The molecule has 5 heteroatoms. The minimum atomic E-state index is -3.74. The highest BCUT2D eigenvalue weighted by Gasteiger charge is 2.02. The third-order valence-corrected chi connectivity index (χ3v) is 4.31. The lowest BCUT2D eigenvalue weighted by atomic mass is 10.1. The molecule has 0 saturated heterocycles. The van der Waals surface area contributed by atoms with Crippen LogP contribution in [-0.2, 0) is 10.1 Å². The van der Waals surface area contributed by atoms with Crippen LogP contribution in [0.2, 0.25) is 0 Å². The second-order valence-electron chi connectivity index (χ2n) is 6.03. The molecular weight excluding hydrogens is 298 g/mol. The fraction of sp³-hybridized carbons (Fsp3) is 1.00. The van der Waals surface area contributed by atoms with Crippen molar-refractivity contribution in [2.75, 3.05) is 19.8 Å². The van der Waals surface area contributed by atoms with Crippen molar-refractivity contribution in [3.63, 3.8) is 0 Å². The Hall–Kier alpha value is -0.130. The average Bonchev–Trinajstić information content (AvgIpc) is 2.43. The Morgan fingerprint density at radius 3 is 1.23 bits per heavy atom. The highest BCUT2D eigenvalue weighted by atomic mass is 32.2. The van der Waals surface area contributed by atoms with Crippen molar-refractivity contribution in [1.29, 1.82) is 0 Å². The van der Waals surface area contributed by atoms with Crippen LogP contribution in [0.3, 0.4) is 0 Å². The van der Waals surface area contributed by atoms with Crippen molar-refractivity contribution in [3.05, 3.63) is 0 Å². The minimum absolute atomic E-state index is 0.0786. The summed E-state index contributed by atoms with van der Waals surface area (Å²) in [5.74, 6) is -0.0786. The van der Waals surface area contributed by atoms with E-state index < -0.39 is 10.1 Å². The third kappa shape index (κ3) is 28.1. The van der Waals surface area contributed by atoms with Gasteiger partial charge in [0.05, 0.1) is 5.75 Å². The second-order valence-corrected chi connectivity index (χ2v) is 7.60. The van der Waals surface area contributed by atoms with Gasteiger partial charge in [-0.05, 0) is 20.5 Å². The molecule has 0 heterocycles. The Bertz CT molecular complexity index is 292. The lowest BCUT2D eigenvalue weighted by Crippen LogP contribution is -2.03. The van der Waals surface area contributed by atoms with Gasteiger partial charge in [-0.1, -0.05) is 84.0 Å². The van der Waals surface area contributed by atoms with E-state index in [1.807, 2.05) is 14.1 Å². The number of rotatable bonds is 14. The number of hydrogen-bond donors (Lipinski definition) is 2. The van der Waals surface area contributed by atoms with Crippen molar-refractivity contribution in [2.24, 2.45) is 0 Å². The Morgan fingerprint density at radius 1 is 0.682 bits per heavy atom. The normalized spacial score (nSPS) is 11.1. The van der Waals surface area contributed by atoms with E-state index in [0.717, 1.165) is 12.8 Å². The second kappa shape index (κ2) is 18.9. The first-order valence-corrected chi connectivity index (χ1v) is 10.6. The fourth-order valence-corrected chi connectivity index (χ4v) is 2.87. The van der Waals surface area contributed by atoms with Crippen molar-refractivity contribution in [3.8, 4) is 0 Å². The molecule has 22 heavy (non-hydrogen) atoms. The number of hydrogen-bond acceptors (Lipinski definition) is 3. The Morgan fingerprint density at radius 2 is 0.955 bits per heavy atom. The molecule has 0 radical (unpaired) electrons. The van der Waals surface area contributed by atoms with Gasteiger partial charge in [0.15, 0.2) is 0 Å². The van der Waals surface area contributed by atoms with E-state index in [2.05, 4.69) is 12.2 Å². The molecule has 0 fully saturated rings. The van der Waals surface area contributed by atoms with E-state index in [4.69, 9.17) is 4.55 Å². The van der Waals surface area contributed by atoms with Gasteiger partial charge in [0.2, 0.25) is 0 Å². The molecule has 0 aromatic carbocycles. The summed E-state index contributed by atoms with van der Waals surface area (Å²) in [5, 5.41) is 2.75. The maximum Gasteiger partial charge on any atom is 0.264 e. The maximum atomic E-state index is 10.5. The molecule has 2 N–H and O–H groups in total. The SMILES string of the molecule is CCCCCCCCCCCCCCCS(=O)(=O)O.CNC. The summed E-state index contributed by atoms with van der Waals surface area (Å²) in [7, 11) is 0.0113. The molecule has 0 bridgehead atoms. The largest absolute Gasteiger partial charge is 0.323 e. The smallest absolute Gasteiger partial charge is 0.264 e. The van der Waals surface area contributed by atoms with Gasteiger partial charge in [-0.15, -0.1) is 0 Å². The highest BCUT2D eigenvalue weighted by molar-refractivity contribution is 7.85. The fourth-order valence-electron chi connectivity index (χ4n) is 2.30. The molecule has 0 aliphatic carbocycles. The number of unbranched alkanes of at least 4 members (excludes halogenated alkanes) is 12. The topological polar surface area (TPSA) is 66.4 Å². The van der Waals surface area contributed by atoms with Gasteiger partial charge < -0.3 is 5.32 Å². The standard InChI is InChI=1S/C15H32O3S.C2H7N/c1-2-3-4-5-6-7-8-9-10-11-12-13-14-15-19(16,17)18;1-3-2/h2-15H2,1H3,(H,16,17,18);3H,1-2H3. The van der Waals surface area contributed by atoms with Gasteiger partial charge in [-0.2, -0.15) is 8.42 Å². The molecule has 0 spiro atoms. The first kappa shape index (κ1) is 24.1.